The average Bonchev–Trinajstić information content (AvgIpc) is 4.09. The van der Waals surface area contributed by atoms with E-state index in [9.17, 15) is 14.4 Å². The maximum Gasteiger partial charge on any atom is 0.438 e. The zero-order chi connectivity index (χ0) is 50.7. The summed E-state index contributed by atoms with van der Waals surface area (Å²) < 4.78 is 4.26. The van der Waals surface area contributed by atoms with Gasteiger partial charge in [0.2, 0.25) is 17.8 Å². The van der Waals surface area contributed by atoms with Gasteiger partial charge >= 0.3 is 5.76 Å². The Hall–Kier alpha value is -7.69. The molecule has 0 bridgehead atoms. The standard InChI is InChI=1S/C7H13N3.C6H11N5O.C5H9N5O.C5H10N4.C5H9N3.C5H8N2O2.C4H8N4/c1-5-8-6(10-9-5)7(2,3)4;1-4(2)6(12)7-3-5-8-10-11-9-5;1-3(2)4(11)6-5-7-9-10-8-5;1-3(2)4-7-5(6)9-8-4;1-4(2)5-6-3-7-8-5;1-3(2)4-6-5(8)9-7-4;1-3(2)4-5-7-8-6-4/h1-4H3,(H,8,9,10);4H,3H2,1-2H3,(H,7,12)(H,8,9,10,11);3H,1-2H3,(H2,6,7,8,9,10,11);3H,1-2H3,(H3,6,7,8,9);3-4H,1-2H3,(H,6,7,8);3H,1-2H3,(H,6,7,8);3H,1-2H3,(H,5,6,7,8). The number of nitrogens with zero attached hydrogens (tertiary/aromatic N) is 16. The first-order valence-electron chi connectivity index (χ1n) is 21.2. The molecule has 370 valence electrons. The quantitative estimate of drug-likeness (QED) is 0.0994. The van der Waals surface area contributed by atoms with E-state index in [4.69, 9.17) is 5.73 Å². The molecule has 7 heterocycles. The number of anilines is 2. The van der Waals surface area contributed by atoms with Crippen LogP contribution in [0.25, 0.3) is 0 Å². The van der Waals surface area contributed by atoms with Crippen LogP contribution in [0.2, 0.25) is 0 Å². The number of nitrogens with two attached hydrogens (primary N) is 1. The predicted molar refractivity (Wildman–Crippen MR) is 243 cm³/mol. The van der Waals surface area contributed by atoms with Crippen LogP contribution >= 0.6 is 0 Å². The molecule has 7 rings (SSSR count). The molecule has 0 atom stereocenters. The number of tetrazole rings is 3. The van der Waals surface area contributed by atoms with Crippen molar-refractivity contribution < 1.29 is 14.1 Å². The molecule has 11 N–H and O–H groups in total. The third kappa shape index (κ3) is 24.8. The third-order valence-corrected chi connectivity index (χ3v) is 7.64. The summed E-state index contributed by atoms with van der Waals surface area (Å²) in [5.74, 6) is 6.64. The third-order valence-electron chi connectivity index (χ3n) is 7.64. The number of nitrogens with one attached hydrogen (secondary N) is 9. The normalized spacial score (nSPS) is 10.6. The maximum atomic E-state index is 11.0. The van der Waals surface area contributed by atoms with E-state index in [2.05, 4.69) is 167 Å². The van der Waals surface area contributed by atoms with Crippen LogP contribution in [0.15, 0.2) is 15.6 Å². The van der Waals surface area contributed by atoms with Crippen molar-refractivity contribution in [2.45, 2.75) is 146 Å². The number of aryl methyl sites for hydroxylation is 1. The topological polar surface area (TPSA) is 431 Å². The summed E-state index contributed by atoms with van der Waals surface area (Å²) in [6, 6.07) is 0. The molecule has 0 aliphatic rings. The number of hydrogen-bond acceptors (Lipinski definition) is 21. The Morgan fingerprint density at radius 2 is 1.28 bits per heavy atom. The molecule has 0 fully saturated rings. The largest absolute Gasteiger partial charge is 0.438 e. The van der Waals surface area contributed by atoms with Crippen LogP contribution in [0.5, 0.6) is 0 Å². The van der Waals surface area contributed by atoms with E-state index in [-0.39, 0.29) is 40.9 Å². The summed E-state index contributed by atoms with van der Waals surface area (Å²) in [4.78, 5) is 46.9. The molecule has 67 heavy (non-hydrogen) atoms. The van der Waals surface area contributed by atoms with Crippen LogP contribution in [-0.2, 0) is 21.5 Å². The number of carbonyl (C=O) groups is 2. The Morgan fingerprint density at radius 3 is 1.60 bits per heavy atom. The molecule has 0 saturated heterocycles. The number of nitrogen functional groups attached to an aromatic ring is 1. The van der Waals surface area contributed by atoms with Crippen LogP contribution in [0, 0.1) is 18.8 Å². The smallest absolute Gasteiger partial charge is 0.367 e. The van der Waals surface area contributed by atoms with Gasteiger partial charge in [0.25, 0.3) is 5.95 Å². The van der Waals surface area contributed by atoms with Gasteiger partial charge in [-0.2, -0.15) is 30.8 Å². The summed E-state index contributed by atoms with van der Waals surface area (Å²) in [6.45, 7) is 31.8. The van der Waals surface area contributed by atoms with Gasteiger partial charge in [0, 0.05) is 40.9 Å². The van der Waals surface area contributed by atoms with E-state index in [1.807, 2.05) is 62.3 Å². The van der Waals surface area contributed by atoms with Gasteiger partial charge in [0.05, 0.1) is 6.54 Å². The number of amides is 2. The van der Waals surface area contributed by atoms with Gasteiger partial charge in [0.1, 0.15) is 23.8 Å². The minimum absolute atomic E-state index is 0.0141. The summed E-state index contributed by atoms with van der Waals surface area (Å²) in [5.41, 5.74) is 5.32. The molecule has 2 amide bonds. The zero-order valence-electron chi connectivity index (χ0n) is 41.1. The Balaban J connectivity index is 0.000000392. The van der Waals surface area contributed by atoms with E-state index in [0.717, 1.165) is 29.1 Å². The molecule has 0 spiro atoms. The van der Waals surface area contributed by atoms with Crippen LogP contribution in [0.4, 0.5) is 11.9 Å². The molecule has 7 aromatic rings. The highest BCUT2D eigenvalue weighted by Crippen LogP contribution is 2.16. The molecule has 0 aliphatic heterocycles. The molecule has 0 aliphatic carbocycles. The number of aromatic nitrogens is 23. The molecule has 0 radical (unpaired) electrons. The van der Waals surface area contributed by atoms with E-state index in [1.165, 1.54) is 6.33 Å². The lowest BCUT2D eigenvalue weighted by molar-refractivity contribution is -0.124. The minimum atomic E-state index is -0.487. The lowest BCUT2D eigenvalue weighted by Gasteiger charge is -2.11. The first-order chi connectivity index (χ1) is 31.4. The summed E-state index contributed by atoms with van der Waals surface area (Å²) in [5, 5.41) is 67.3. The van der Waals surface area contributed by atoms with Crippen LogP contribution in [0.3, 0.4) is 0 Å². The Bertz CT molecular complexity index is 2290. The maximum absolute atomic E-state index is 11.0. The lowest BCUT2D eigenvalue weighted by atomic mass is 9.96. The van der Waals surface area contributed by atoms with Gasteiger partial charge in [-0.25, -0.2) is 14.8 Å². The van der Waals surface area contributed by atoms with E-state index in [1.54, 1.807) is 13.8 Å². The highest BCUT2D eigenvalue weighted by atomic mass is 16.5. The molecule has 30 nitrogen and oxygen atoms in total. The highest BCUT2D eigenvalue weighted by Gasteiger charge is 2.18. The minimum Gasteiger partial charge on any atom is -0.367 e. The molecule has 0 saturated carbocycles. The second kappa shape index (κ2) is 29.7. The summed E-state index contributed by atoms with van der Waals surface area (Å²) >= 11 is 0. The van der Waals surface area contributed by atoms with Crippen molar-refractivity contribution in [3.05, 3.63) is 57.6 Å². The molecule has 0 aromatic carbocycles. The van der Waals surface area contributed by atoms with E-state index in [0.29, 0.717) is 41.9 Å². The number of hydrogen-bond donors (Lipinski definition) is 10. The Labute approximate surface area is 387 Å². The van der Waals surface area contributed by atoms with E-state index < -0.39 is 5.76 Å². The molecule has 30 heteroatoms. The number of aromatic amines is 7. The van der Waals surface area contributed by atoms with Gasteiger partial charge in [-0.3, -0.25) is 39.7 Å². The first-order valence-corrected chi connectivity index (χ1v) is 21.2. The fraction of sp³-hybridized carbons (Fsp3) is 0.649. The van der Waals surface area contributed by atoms with Crippen LogP contribution in [-0.4, -0.2) is 129 Å². The second-order valence-electron chi connectivity index (χ2n) is 16.9. The predicted octanol–water partition coefficient (Wildman–Crippen LogP) is 2.92. The monoisotopic (exact) mass is 941 g/mol. The van der Waals surface area contributed by atoms with Crippen molar-refractivity contribution in [2.24, 2.45) is 11.8 Å². The van der Waals surface area contributed by atoms with Gasteiger partial charge in [-0.1, -0.05) is 125 Å². The van der Waals surface area contributed by atoms with Crippen molar-refractivity contribution >= 4 is 23.7 Å². The van der Waals surface area contributed by atoms with Gasteiger partial charge in [0.15, 0.2) is 23.3 Å². The molecular weight excluding hydrogens is 873 g/mol. The highest BCUT2D eigenvalue weighted by molar-refractivity contribution is 5.90. The van der Waals surface area contributed by atoms with Gasteiger partial charge < -0.3 is 11.1 Å². The molecular formula is C37H68N26O4. The van der Waals surface area contributed by atoms with Gasteiger partial charge in [-0.15, -0.1) is 30.6 Å². The zero-order valence-corrected chi connectivity index (χ0v) is 41.1. The molecule has 7 aromatic heterocycles. The van der Waals surface area contributed by atoms with E-state index >= 15 is 0 Å². The Morgan fingerprint density at radius 1 is 0.687 bits per heavy atom. The van der Waals surface area contributed by atoms with Crippen molar-refractivity contribution in [1.82, 2.24) is 123 Å². The van der Waals surface area contributed by atoms with Crippen molar-refractivity contribution in [1.29, 1.82) is 0 Å². The van der Waals surface area contributed by atoms with Crippen molar-refractivity contribution in [2.75, 3.05) is 11.1 Å². The first kappa shape index (κ1) is 57.3. The number of rotatable bonds is 9. The van der Waals surface area contributed by atoms with Crippen LogP contribution in [0.1, 0.15) is 168 Å². The van der Waals surface area contributed by atoms with Crippen molar-refractivity contribution in [3.8, 4) is 0 Å². The summed E-state index contributed by atoms with van der Waals surface area (Å²) in [7, 11) is 0. The Kier molecular flexibility index (Phi) is 25.4. The fourth-order valence-electron chi connectivity index (χ4n) is 3.72. The lowest BCUT2D eigenvalue weighted by Crippen LogP contribution is -2.27. The molecule has 0 unspecified atom stereocenters. The van der Waals surface area contributed by atoms with Crippen LogP contribution < -0.4 is 22.1 Å². The van der Waals surface area contributed by atoms with Crippen molar-refractivity contribution in [3.63, 3.8) is 0 Å². The second-order valence-corrected chi connectivity index (χ2v) is 16.9. The SMILES string of the molecule is CC(C)C(=O)NCc1nn[nH]n1.CC(C)C(=O)Nc1nn[nH]n1.CC(C)c1nc(N)n[nH]1.CC(C)c1ncn[nH]1.CC(C)c1nn[nH]n1.CC(C)c1noc(=O)[nH]1.Cc1nc(C(C)(C)C)n[nH]1. The number of H-pyrrole nitrogens is 7. The van der Waals surface area contributed by atoms with Gasteiger partial charge in [-0.05, 0) is 12.1 Å². The number of carbonyl (C=O) groups excluding carboxylic acids is 2. The fourth-order valence-corrected chi connectivity index (χ4v) is 3.72. The summed E-state index contributed by atoms with van der Waals surface area (Å²) in [6.07, 6.45) is 1.52. The average molecular weight is 941 g/mol.